The molecule has 126 valence electrons. The largest absolute Gasteiger partial charge is 0.273 e. The molecule has 0 saturated carbocycles. The number of benzene rings is 2. The summed E-state index contributed by atoms with van der Waals surface area (Å²) < 4.78 is 0.679. The van der Waals surface area contributed by atoms with Crippen LogP contribution in [0.3, 0.4) is 0 Å². The van der Waals surface area contributed by atoms with Crippen molar-refractivity contribution in [3.8, 4) is 0 Å². The second-order valence-corrected chi connectivity index (χ2v) is 6.55. The van der Waals surface area contributed by atoms with E-state index in [9.17, 15) is 9.59 Å². The van der Waals surface area contributed by atoms with E-state index in [1.165, 1.54) is 0 Å². The molecule has 2 rings (SSSR count). The summed E-state index contributed by atoms with van der Waals surface area (Å²) in [7, 11) is 0. The van der Waals surface area contributed by atoms with Crippen molar-refractivity contribution in [2.45, 2.75) is 26.2 Å². The lowest BCUT2D eigenvalue weighted by atomic mass is 9.85. The van der Waals surface area contributed by atoms with E-state index < -0.39 is 0 Å². The summed E-state index contributed by atoms with van der Waals surface area (Å²) in [6.07, 6.45) is 0.866. The van der Waals surface area contributed by atoms with Gasteiger partial charge in [0.2, 0.25) is 5.91 Å². The molecule has 2 amide bonds. The molecule has 0 heterocycles. The lowest BCUT2D eigenvalue weighted by molar-refractivity contribution is -0.124. The number of carbonyl (C=O) groups excluding carboxylic acids is 2. The molecule has 24 heavy (non-hydrogen) atoms. The highest BCUT2D eigenvalue weighted by molar-refractivity contribution is 9.10. The first-order chi connectivity index (χ1) is 11.5. The van der Waals surface area contributed by atoms with Crippen LogP contribution in [0.2, 0.25) is 0 Å². The lowest BCUT2D eigenvalue weighted by Gasteiger charge is -2.23. The van der Waals surface area contributed by atoms with Gasteiger partial charge in [-0.3, -0.25) is 20.4 Å². The van der Waals surface area contributed by atoms with E-state index in [4.69, 9.17) is 0 Å². The van der Waals surface area contributed by atoms with Crippen LogP contribution in [0.4, 0.5) is 0 Å². The zero-order valence-electron chi connectivity index (χ0n) is 13.8. The van der Waals surface area contributed by atoms with Crippen LogP contribution in [0.1, 0.15) is 42.1 Å². The summed E-state index contributed by atoms with van der Waals surface area (Å²) >= 11 is 3.33. The minimum atomic E-state index is -0.355. The van der Waals surface area contributed by atoms with Crippen molar-refractivity contribution in [1.82, 2.24) is 10.9 Å². The molecule has 0 fully saturated rings. The number of hydrogen-bond acceptors (Lipinski definition) is 2. The summed E-state index contributed by atoms with van der Waals surface area (Å²) in [5, 5.41) is 0. The van der Waals surface area contributed by atoms with Gasteiger partial charge in [0, 0.05) is 4.47 Å². The Bertz CT molecular complexity index is 704. The van der Waals surface area contributed by atoms with Gasteiger partial charge in [0.1, 0.15) is 0 Å². The van der Waals surface area contributed by atoms with Crippen molar-refractivity contribution < 1.29 is 9.59 Å². The normalized spacial score (nSPS) is 13.0. The van der Waals surface area contributed by atoms with Crippen LogP contribution < -0.4 is 10.9 Å². The molecule has 0 aliphatic rings. The molecule has 0 unspecified atom stereocenters. The molecule has 0 aromatic heterocycles. The number of rotatable bonds is 5. The number of hydrogen-bond donors (Lipinski definition) is 2. The van der Waals surface area contributed by atoms with Gasteiger partial charge in [-0.1, -0.05) is 62.7 Å². The third-order valence-corrected chi connectivity index (χ3v) is 4.76. The second kappa shape index (κ2) is 8.64. The molecule has 2 aromatic rings. The van der Waals surface area contributed by atoms with Gasteiger partial charge in [-0.15, -0.1) is 0 Å². The predicted molar refractivity (Wildman–Crippen MR) is 98.4 cm³/mol. The Morgan fingerprint density at radius 2 is 1.62 bits per heavy atom. The molecular weight excluding hydrogens is 368 g/mol. The van der Waals surface area contributed by atoms with Crippen molar-refractivity contribution in [3.63, 3.8) is 0 Å². The summed E-state index contributed by atoms with van der Waals surface area (Å²) in [5.74, 6) is -0.716. The fourth-order valence-electron chi connectivity index (χ4n) is 2.54. The van der Waals surface area contributed by atoms with Gasteiger partial charge in [0.25, 0.3) is 5.91 Å². The Morgan fingerprint density at radius 3 is 2.25 bits per heavy atom. The molecule has 0 saturated heterocycles. The predicted octanol–water partition coefficient (Wildman–Crippen LogP) is 4.04. The summed E-state index contributed by atoms with van der Waals surface area (Å²) in [6.45, 7) is 4.08. The van der Waals surface area contributed by atoms with E-state index in [-0.39, 0.29) is 23.7 Å². The van der Waals surface area contributed by atoms with Crippen LogP contribution in [-0.2, 0) is 4.79 Å². The van der Waals surface area contributed by atoms with E-state index in [2.05, 4.69) is 26.8 Å². The standard InChI is InChI=1S/C19H21BrN2O2/c1-3-13(2)17(14-9-5-4-6-10-14)19(24)22-21-18(23)15-11-7-8-12-16(15)20/h4-13,17H,3H2,1-2H3,(H,21,23)(H,22,24)/t13-,17+/m1/s1. The van der Waals surface area contributed by atoms with Gasteiger partial charge in [-0.2, -0.15) is 0 Å². The van der Waals surface area contributed by atoms with Crippen LogP contribution >= 0.6 is 15.9 Å². The Labute approximate surface area is 150 Å². The third-order valence-electron chi connectivity index (χ3n) is 4.07. The zero-order chi connectivity index (χ0) is 17.5. The highest BCUT2D eigenvalue weighted by atomic mass is 79.9. The molecule has 0 aliphatic heterocycles. The Kier molecular flexibility index (Phi) is 6.55. The van der Waals surface area contributed by atoms with Gasteiger partial charge < -0.3 is 0 Å². The third kappa shape index (κ3) is 4.45. The molecule has 2 atom stereocenters. The highest BCUT2D eigenvalue weighted by Gasteiger charge is 2.26. The number of amides is 2. The van der Waals surface area contributed by atoms with Gasteiger partial charge in [-0.25, -0.2) is 0 Å². The molecule has 2 N–H and O–H groups in total. The first-order valence-electron chi connectivity index (χ1n) is 7.94. The molecule has 0 radical (unpaired) electrons. The van der Waals surface area contributed by atoms with Crippen molar-refractivity contribution >= 4 is 27.7 Å². The van der Waals surface area contributed by atoms with E-state index in [1.807, 2.05) is 50.2 Å². The first kappa shape index (κ1) is 18.2. The maximum atomic E-state index is 12.6. The molecule has 5 heteroatoms. The van der Waals surface area contributed by atoms with Crippen LogP contribution in [-0.4, -0.2) is 11.8 Å². The number of halogens is 1. The van der Waals surface area contributed by atoms with E-state index in [1.54, 1.807) is 18.2 Å². The summed E-state index contributed by atoms with van der Waals surface area (Å²) in [4.78, 5) is 24.8. The number of nitrogens with one attached hydrogen (secondary N) is 2. The fraction of sp³-hybridized carbons (Fsp3) is 0.263. The van der Waals surface area contributed by atoms with Crippen molar-refractivity contribution in [2.24, 2.45) is 5.92 Å². The lowest BCUT2D eigenvalue weighted by Crippen LogP contribution is -2.45. The highest BCUT2D eigenvalue weighted by Crippen LogP contribution is 2.27. The average molecular weight is 389 g/mol. The van der Waals surface area contributed by atoms with E-state index >= 15 is 0 Å². The molecule has 0 spiro atoms. The minimum absolute atomic E-state index is 0.160. The SMILES string of the molecule is CC[C@@H](C)[C@H](C(=O)NNC(=O)c1ccccc1Br)c1ccccc1. The van der Waals surface area contributed by atoms with Crippen LogP contribution in [0, 0.1) is 5.92 Å². The van der Waals surface area contributed by atoms with Crippen molar-refractivity contribution in [3.05, 3.63) is 70.2 Å². The zero-order valence-corrected chi connectivity index (χ0v) is 15.3. The maximum Gasteiger partial charge on any atom is 0.270 e. The van der Waals surface area contributed by atoms with E-state index in [0.717, 1.165) is 12.0 Å². The Morgan fingerprint density at radius 1 is 1.00 bits per heavy atom. The van der Waals surface area contributed by atoms with Gasteiger partial charge in [0.05, 0.1) is 11.5 Å². The number of hydrazine groups is 1. The molecular formula is C19H21BrN2O2. The molecule has 0 bridgehead atoms. The van der Waals surface area contributed by atoms with Crippen LogP contribution in [0.15, 0.2) is 59.1 Å². The van der Waals surface area contributed by atoms with Gasteiger partial charge >= 0.3 is 0 Å². The Balaban J connectivity index is 2.08. The van der Waals surface area contributed by atoms with Gasteiger partial charge in [0.15, 0.2) is 0 Å². The monoisotopic (exact) mass is 388 g/mol. The smallest absolute Gasteiger partial charge is 0.270 e. The van der Waals surface area contributed by atoms with Crippen molar-refractivity contribution in [2.75, 3.05) is 0 Å². The van der Waals surface area contributed by atoms with Gasteiger partial charge in [-0.05, 0) is 39.5 Å². The maximum absolute atomic E-state index is 12.6. The first-order valence-corrected chi connectivity index (χ1v) is 8.73. The van der Waals surface area contributed by atoms with E-state index in [0.29, 0.717) is 10.0 Å². The Hall–Kier alpha value is -2.14. The minimum Gasteiger partial charge on any atom is -0.273 e. The number of carbonyl (C=O) groups is 2. The molecule has 0 aliphatic carbocycles. The van der Waals surface area contributed by atoms with Crippen molar-refractivity contribution in [1.29, 1.82) is 0 Å². The summed E-state index contributed by atoms with van der Waals surface area (Å²) in [6, 6.07) is 16.7. The molecule has 4 nitrogen and oxygen atoms in total. The quantitative estimate of drug-likeness (QED) is 0.759. The van der Waals surface area contributed by atoms with Crippen LogP contribution in [0.25, 0.3) is 0 Å². The topological polar surface area (TPSA) is 58.2 Å². The summed E-state index contributed by atoms with van der Waals surface area (Å²) in [5.41, 5.74) is 6.48. The van der Waals surface area contributed by atoms with Crippen LogP contribution in [0.5, 0.6) is 0 Å². The fourth-order valence-corrected chi connectivity index (χ4v) is 3.01. The average Bonchev–Trinajstić information content (AvgIpc) is 2.61. The second-order valence-electron chi connectivity index (χ2n) is 5.70. The molecule has 2 aromatic carbocycles.